The predicted octanol–water partition coefficient (Wildman–Crippen LogP) is 1.20. The first-order valence-corrected chi connectivity index (χ1v) is 5.90. The van der Waals surface area contributed by atoms with E-state index in [1.54, 1.807) is 12.1 Å². The molecule has 1 heterocycles. The molecule has 1 aromatic heterocycles. The van der Waals surface area contributed by atoms with Crippen molar-refractivity contribution >= 4 is 34.5 Å². The van der Waals surface area contributed by atoms with E-state index in [0.29, 0.717) is 18.7 Å². The van der Waals surface area contributed by atoms with E-state index < -0.39 is 0 Å². The van der Waals surface area contributed by atoms with Crippen molar-refractivity contribution in [3.63, 3.8) is 0 Å². The summed E-state index contributed by atoms with van der Waals surface area (Å²) in [6.07, 6.45) is 0.544. The minimum Gasteiger partial charge on any atom is -0.396 e. The highest BCUT2D eigenvalue weighted by atomic mass is 32.1. The molecule has 0 aliphatic heterocycles. The number of anilines is 1. The summed E-state index contributed by atoms with van der Waals surface area (Å²) >= 11 is 1.14. The average Bonchev–Trinajstić information content (AvgIpc) is 2.76. The minimum absolute atomic E-state index is 0.0662. The Morgan fingerprint density at radius 3 is 3.00 bits per heavy atom. The summed E-state index contributed by atoms with van der Waals surface area (Å²) in [4.78, 5) is 11.4. The van der Waals surface area contributed by atoms with Crippen LogP contribution in [-0.4, -0.2) is 33.0 Å². The van der Waals surface area contributed by atoms with Crippen molar-refractivity contribution in [3.05, 3.63) is 18.2 Å². The molecule has 2 aromatic rings. The van der Waals surface area contributed by atoms with Crippen LogP contribution in [0.15, 0.2) is 18.2 Å². The molecule has 1 aromatic carbocycles. The lowest BCUT2D eigenvalue weighted by Crippen LogP contribution is -2.29. The van der Waals surface area contributed by atoms with Crippen LogP contribution in [0.4, 0.5) is 10.5 Å². The second-order valence-electron chi connectivity index (χ2n) is 3.43. The molecule has 0 radical (unpaired) electrons. The molecule has 0 aliphatic rings. The Hall–Kier alpha value is -1.73. The number of aliphatic hydroxyl groups excluding tert-OH is 1. The predicted molar refractivity (Wildman–Crippen MR) is 66.1 cm³/mol. The van der Waals surface area contributed by atoms with E-state index in [9.17, 15) is 4.79 Å². The Morgan fingerprint density at radius 2 is 2.18 bits per heavy atom. The monoisotopic (exact) mass is 252 g/mol. The fourth-order valence-corrected chi connectivity index (χ4v) is 1.83. The van der Waals surface area contributed by atoms with E-state index in [1.165, 1.54) is 0 Å². The largest absolute Gasteiger partial charge is 0.396 e. The maximum Gasteiger partial charge on any atom is 0.319 e. The fraction of sp³-hybridized carbons (Fsp3) is 0.300. The van der Waals surface area contributed by atoms with Crippen LogP contribution in [0.3, 0.4) is 0 Å². The van der Waals surface area contributed by atoms with Gasteiger partial charge in [-0.2, -0.15) is 8.75 Å². The second-order valence-corrected chi connectivity index (χ2v) is 3.95. The lowest BCUT2D eigenvalue weighted by molar-refractivity contribution is 0.249. The molecule has 0 fully saturated rings. The van der Waals surface area contributed by atoms with Crippen LogP contribution in [0.2, 0.25) is 0 Å². The summed E-state index contributed by atoms with van der Waals surface area (Å²) in [5.74, 6) is 0. The van der Waals surface area contributed by atoms with Crippen LogP contribution < -0.4 is 10.6 Å². The molecule has 90 valence electrons. The van der Waals surface area contributed by atoms with Gasteiger partial charge in [-0.15, -0.1) is 0 Å². The molecule has 0 aliphatic carbocycles. The highest BCUT2D eigenvalue weighted by Gasteiger charge is 2.03. The maximum absolute atomic E-state index is 11.4. The first-order chi connectivity index (χ1) is 8.29. The number of fused-ring (bicyclic) bond motifs is 1. The van der Waals surface area contributed by atoms with Crippen LogP contribution in [0.5, 0.6) is 0 Å². The lowest BCUT2D eigenvalue weighted by atomic mass is 10.3. The first-order valence-electron chi connectivity index (χ1n) is 5.17. The molecule has 6 nitrogen and oxygen atoms in total. The Kier molecular flexibility index (Phi) is 3.84. The summed E-state index contributed by atoms with van der Waals surface area (Å²) < 4.78 is 8.16. The highest BCUT2D eigenvalue weighted by Crippen LogP contribution is 2.16. The third kappa shape index (κ3) is 3.11. The Morgan fingerprint density at radius 1 is 1.35 bits per heavy atom. The van der Waals surface area contributed by atoms with Crippen molar-refractivity contribution in [2.75, 3.05) is 18.5 Å². The van der Waals surface area contributed by atoms with Crippen LogP contribution in [0, 0.1) is 0 Å². The molecule has 17 heavy (non-hydrogen) atoms. The van der Waals surface area contributed by atoms with Gasteiger partial charge in [-0.3, -0.25) is 0 Å². The van der Waals surface area contributed by atoms with E-state index in [0.717, 1.165) is 22.8 Å². The van der Waals surface area contributed by atoms with Gasteiger partial charge in [-0.1, -0.05) is 0 Å². The summed E-state index contributed by atoms with van der Waals surface area (Å²) in [6, 6.07) is 5.06. The maximum atomic E-state index is 11.4. The van der Waals surface area contributed by atoms with Gasteiger partial charge in [0.15, 0.2) is 0 Å². The van der Waals surface area contributed by atoms with Crippen molar-refractivity contribution in [2.45, 2.75) is 6.42 Å². The number of aromatic nitrogens is 2. The molecular formula is C10H12N4O2S. The zero-order valence-electron chi connectivity index (χ0n) is 9.01. The smallest absolute Gasteiger partial charge is 0.319 e. The molecular weight excluding hydrogens is 240 g/mol. The van der Waals surface area contributed by atoms with Gasteiger partial charge in [-0.25, -0.2) is 4.79 Å². The van der Waals surface area contributed by atoms with Crippen molar-refractivity contribution < 1.29 is 9.90 Å². The quantitative estimate of drug-likeness (QED) is 0.713. The van der Waals surface area contributed by atoms with Gasteiger partial charge in [0.05, 0.1) is 11.7 Å². The third-order valence-electron chi connectivity index (χ3n) is 2.13. The van der Waals surface area contributed by atoms with Gasteiger partial charge in [0.25, 0.3) is 0 Å². The summed E-state index contributed by atoms with van der Waals surface area (Å²) in [7, 11) is 0. The van der Waals surface area contributed by atoms with Crippen LogP contribution in [0.1, 0.15) is 6.42 Å². The molecule has 7 heteroatoms. The number of hydrogen-bond acceptors (Lipinski definition) is 5. The van der Waals surface area contributed by atoms with Gasteiger partial charge in [0.2, 0.25) is 0 Å². The summed E-state index contributed by atoms with van der Waals surface area (Å²) in [6.45, 7) is 0.513. The van der Waals surface area contributed by atoms with E-state index in [1.807, 2.05) is 6.07 Å². The van der Waals surface area contributed by atoms with E-state index in [2.05, 4.69) is 19.4 Å². The van der Waals surface area contributed by atoms with Gasteiger partial charge in [0, 0.05) is 18.8 Å². The number of nitrogens with zero attached hydrogens (tertiary/aromatic N) is 2. The van der Waals surface area contributed by atoms with Crippen LogP contribution in [0.25, 0.3) is 11.0 Å². The zero-order chi connectivity index (χ0) is 12.1. The molecule has 0 saturated heterocycles. The minimum atomic E-state index is -0.291. The number of nitrogens with one attached hydrogen (secondary N) is 2. The summed E-state index contributed by atoms with van der Waals surface area (Å²) in [5.41, 5.74) is 2.26. The van der Waals surface area contributed by atoms with Crippen molar-refractivity contribution in [3.8, 4) is 0 Å². The van der Waals surface area contributed by atoms with Crippen molar-refractivity contribution in [2.24, 2.45) is 0 Å². The Bertz CT molecular complexity index is 514. The Labute approximate surface area is 102 Å². The van der Waals surface area contributed by atoms with Crippen LogP contribution >= 0.6 is 11.7 Å². The van der Waals surface area contributed by atoms with E-state index in [-0.39, 0.29) is 12.6 Å². The number of urea groups is 1. The summed E-state index contributed by atoms with van der Waals surface area (Å²) in [5, 5.41) is 13.9. The standard InChI is InChI=1S/C10H12N4O2S/c15-5-1-4-11-10(16)12-7-2-3-8-9(6-7)14-17-13-8/h2-3,6,15H,1,4-5H2,(H2,11,12,16). The third-order valence-corrected chi connectivity index (χ3v) is 2.69. The first kappa shape index (κ1) is 11.7. The van der Waals surface area contributed by atoms with Crippen LogP contribution in [-0.2, 0) is 0 Å². The topological polar surface area (TPSA) is 87.1 Å². The number of hydrogen-bond donors (Lipinski definition) is 3. The molecule has 3 N–H and O–H groups in total. The number of aliphatic hydroxyl groups is 1. The lowest BCUT2D eigenvalue weighted by Gasteiger charge is -2.06. The van der Waals surface area contributed by atoms with Crippen molar-refractivity contribution in [1.82, 2.24) is 14.1 Å². The number of carbonyl (C=O) groups is 1. The second kappa shape index (κ2) is 5.55. The number of rotatable bonds is 4. The normalized spacial score (nSPS) is 10.4. The highest BCUT2D eigenvalue weighted by molar-refractivity contribution is 7.00. The van der Waals surface area contributed by atoms with Crippen molar-refractivity contribution in [1.29, 1.82) is 0 Å². The number of amides is 2. The van der Waals surface area contributed by atoms with E-state index in [4.69, 9.17) is 5.11 Å². The molecule has 2 amide bonds. The van der Waals surface area contributed by atoms with Gasteiger partial charge in [-0.05, 0) is 24.6 Å². The Balaban J connectivity index is 1.95. The van der Waals surface area contributed by atoms with Gasteiger partial charge >= 0.3 is 6.03 Å². The fourth-order valence-electron chi connectivity index (χ4n) is 1.32. The molecule has 2 rings (SSSR count). The molecule has 0 saturated carbocycles. The zero-order valence-corrected chi connectivity index (χ0v) is 9.83. The molecule has 0 spiro atoms. The number of benzene rings is 1. The SMILES string of the molecule is O=C(NCCCO)Nc1ccc2nsnc2c1. The van der Waals surface area contributed by atoms with E-state index >= 15 is 0 Å². The molecule has 0 atom stereocenters. The molecule has 0 unspecified atom stereocenters. The van der Waals surface area contributed by atoms with Gasteiger partial charge < -0.3 is 15.7 Å². The van der Waals surface area contributed by atoms with Gasteiger partial charge in [0.1, 0.15) is 11.0 Å². The number of carbonyl (C=O) groups excluding carboxylic acids is 1. The average molecular weight is 252 g/mol. The molecule has 0 bridgehead atoms.